The minimum atomic E-state index is -0.836. The van der Waals surface area contributed by atoms with Crippen molar-refractivity contribution >= 4 is 17.3 Å². The zero-order chi connectivity index (χ0) is 16.8. The van der Waals surface area contributed by atoms with Gasteiger partial charge in [-0.25, -0.2) is 4.79 Å². The normalized spacial score (nSPS) is 9.91. The Kier molecular flexibility index (Phi) is 4.82. The predicted octanol–water partition coefficient (Wildman–Crippen LogP) is 2.49. The lowest BCUT2D eigenvalue weighted by atomic mass is 10.3. The molecule has 0 atom stereocenters. The third kappa shape index (κ3) is 4.24. The molecule has 0 heterocycles. The number of benzene rings is 2. The van der Waals surface area contributed by atoms with E-state index in [9.17, 15) is 25.0 Å². The van der Waals surface area contributed by atoms with E-state index < -0.39 is 22.4 Å². The second-order valence-corrected chi connectivity index (χ2v) is 4.24. The highest BCUT2D eigenvalue weighted by Gasteiger charge is 2.17. The van der Waals surface area contributed by atoms with Crippen molar-refractivity contribution in [3.8, 4) is 11.5 Å². The molecule has 0 radical (unpaired) electrons. The molecule has 0 aliphatic carbocycles. The minimum absolute atomic E-state index is 0.111. The fraction of sp³-hybridized carbons (Fsp3) is 0.0714. The van der Waals surface area contributed by atoms with Crippen molar-refractivity contribution in [3.05, 3.63) is 68.8 Å². The van der Waals surface area contributed by atoms with Gasteiger partial charge in [0.05, 0.1) is 9.85 Å². The second kappa shape index (κ2) is 6.98. The quantitative estimate of drug-likeness (QED) is 0.347. The van der Waals surface area contributed by atoms with E-state index >= 15 is 0 Å². The first-order valence-corrected chi connectivity index (χ1v) is 6.28. The number of ether oxygens (including phenoxy) is 2. The van der Waals surface area contributed by atoms with E-state index in [1.54, 1.807) is 0 Å². The van der Waals surface area contributed by atoms with Gasteiger partial charge in [0.2, 0.25) is 5.75 Å². The summed E-state index contributed by atoms with van der Waals surface area (Å²) in [6.07, 6.45) is 0. The summed E-state index contributed by atoms with van der Waals surface area (Å²) in [5, 5.41) is 21.3. The van der Waals surface area contributed by atoms with Gasteiger partial charge >= 0.3 is 11.7 Å². The van der Waals surface area contributed by atoms with E-state index in [1.165, 1.54) is 48.5 Å². The van der Waals surface area contributed by atoms with Gasteiger partial charge in [-0.15, -0.1) is 0 Å². The maximum absolute atomic E-state index is 11.7. The molecule has 2 aromatic rings. The standard InChI is InChI=1S/C14H10N2O7/c17-14(23-13-4-2-1-3-12(13)16(20)21)9-22-11-7-5-10(6-8-11)15(18)19/h1-8H,9H2. The van der Waals surface area contributed by atoms with Crippen LogP contribution in [0.15, 0.2) is 48.5 Å². The molecule has 0 bridgehead atoms. The van der Waals surface area contributed by atoms with E-state index in [4.69, 9.17) is 9.47 Å². The first kappa shape index (κ1) is 15.9. The maximum Gasteiger partial charge on any atom is 0.349 e. The summed E-state index contributed by atoms with van der Waals surface area (Å²) >= 11 is 0. The highest BCUT2D eigenvalue weighted by atomic mass is 16.6. The maximum atomic E-state index is 11.7. The van der Waals surface area contributed by atoms with Crippen molar-refractivity contribution in [2.45, 2.75) is 0 Å². The molecule has 2 aromatic carbocycles. The summed E-state index contributed by atoms with van der Waals surface area (Å²) in [6.45, 7) is -0.496. The van der Waals surface area contributed by atoms with Crippen LogP contribution < -0.4 is 9.47 Å². The lowest BCUT2D eigenvalue weighted by Gasteiger charge is -2.06. The summed E-state index contributed by atoms with van der Waals surface area (Å²) in [7, 11) is 0. The summed E-state index contributed by atoms with van der Waals surface area (Å²) in [6, 6.07) is 10.6. The molecule has 0 saturated heterocycles. The Morgan fingerprint density at radius 1 is 0.957 bits per heavy atom. The summed E-state index contributed by atoms with van der Waals surface area (Å²) in [5.41, 5.74) is -0.448. The number of carbonyl (C=O) groups is 1. The van der Waals surface area contributed by atoms with E-state index in [0.717, 1.165) is 0 Å². The second-order valence-electron chi connectivity index (χ2n) is 4.24. The van der Waals surface area contributed by atoms with E-state index in [-0.39, 0.29) is 22.9 Å². The third-order valence-corrected chi connectivity index (χ3v) is 2.69. The minimum Gasteiger partial charge on any atom is -0.482 e. The van der Waals surface area contributed by atoms with Gasteiger partial charge < -0.3 is 9.47 Å². The Bertz CT molecular complexity index is 743. The third-order valence-electron chi connectivity index (χ3n) is 2.69. The molecule has 0 unspecified atom stereocenters. The average Bonchev–Trinajstić information content (AvgIpc) is 2.53. The summed E-state index contributed by atoms with van der Waals surface area (Å²) in [5.74, 6) is -0.789. The van der Waals surface area contributed by atoms with Gasteiger partial charge in [-0.05, 0) is 18.2 Å². The average molecular weight is 318 g/mol. The first-order chi connectivity index (χ1) is 11.0. The predicted molar refractivity (Wildman–Crippen MR) is 77.3 cm³/mol. The molecule has 9 heteroatoms. The number of nitrogens with zero attached hydrogens (tertiary/aromatic N) is 2. The highest BCUT2D eigenvalue weighted by molar-refractivity contribution is 5.75. The number of esters is 1. The van der Waals surface area contributed by atoms with Crippen LogP contribution in [0.25, 0.3) is 0 Å². The molecule has 0 aliphatic heterocycles. The van der Waals surface area contributed by atoms with Crippen LogP contribution in [0, 0.1) is 20.2 Å². The number of rotatable bonds is 6. The van der Waals surface area contributed by atoms with Gasteiger partial charge in [-0.3, -0.25) is 20.2 Å². The van der Waals surface area contributed by atoms with Crippen molar-refractivity contribution in [1.29, 1.82) is 0 Å². The number of nitro groups is 2. The van der Waals surface area contributed by atoms with Gasteiger partial charge in [0.25, 0.3) is 5.69 Å². The Hall–Kier alpha value is -3.49. The summed E-state index contributed by atoms with van der Waals surface area (Å²) in [4.78, 5) is 31.7. The molecule has 2 rings (SSSR count). The van der Waals surface area contributed by atoms with Crippen molar-refractivity contribution in [2.24, 2.45) is 0 Å². The fourth-order valence-electron chi connectivity index (χ4n) is 1.65. The molecule has 0 aliphatic rings. The van der Waals surface area contributed by atoms with Crippen LogP contribution >= 0.6 is 0 Å². The fourth-order valence-corrected chi connectivity index (χ4v) is 1.65. The molecular weight excluding hydrogens is 308 g/mol. The SMILES string of the molecule is O=C(COc1ccc([N+](=O)[O-])cc1)Oc1ccccc1[N+](=O)[O-]. The molecule has 118 valence electrons. The van der Waals surface area contributed by atoms with Crippen LogP contribution in [-0.4, -0.2) is 22.4 Å². The van der Waals surface area contributed by atoms with Crippen molar-refractivity contribution < 1.29 is 24.1 Å². The monoisotopic (exact) mass is 318 g/mol. The van der Waals surface area contributed by atoms with Crippen molar-refractivity contribution in [1.82, 2.24) is 0 Å². The largest absolute Gasteiger partial charge is 0.482 e. The number of non-ortho nitro benzene ring substituents is 1. The lowest BCUT2D eigenvalue weighted by Crippen LogP contribution is -2.18. The molecule has 0 aromatic heterocycles. The van der Waals surface area contributed by atoms with Gasteiger partial charge in [0.1, 0.15) is 5.75 Å². The van der Waals surface area contributed by atoms with Crippen molar-refractivity contribution in [2.75, 3.05) is 6.61 Å². The first-order valence-electron chi connectivity index (χ1n) is 6.28. The van der Waals surface area contributed by atoms with Crippen LogP contribution in [0.1, 0.15) is 0 Å². The summed E-state index contributed by atoms with van der Waals surface area (Å²) < 4.78 is 9.98. The number of nitro benzene ring substituents is 2. The van der Waals surface area contributed by atoms with Crippen LogP contribution in [0.4, 0.5) is 11.4 Å². The van der Waals surface area contributed by atoms with Crippen molar-refractivity contribution in [3.63, 3.8) is 0 Å². The Morgan fingerprint density at radius 2 is 1.61 bits per heavy atom. The molecule has 0 amide bonds. The molecule has 0 N–H and O–H groups in total. The molecule has 0 spiro atoms. The lowest BCUT2D eigenvalue weighted by molar-refractivity contribution is -0.385. The van der Waals surface area contributed by atoms with Crippen LogP contribution in [0.3, 0.4) is 0 Å². The van der Waals surface area contributed by atoms with Crippen LogP contribution in [-0.2, 0) is 4.79 Å². The Balaban J connectivity index is 1.95. The van der Waals surface area contributed by atoms with E-state index in [2.05, 4.69) is 0 Å². The molecular formula is C14H10N2O7. The number of hydrogen-bond acceptors (Lipinski definition) is 7. The molecule has 0 fully saturated rings. The van der Waals surface area contributed by atoms with Gasteiger partial charge in [-0.1, -0.05) is 12.1 Å². The van der Waals surface area contributed by atoms with E-state index in [1.807, 2.05) is 0 Å². The number of carbonyl (C=O) groups excluding carboxylic acids is 1. The molecule has 23 heavy (non-hydrogen) atoms. The smallest absolute Gasteiger partial charge is 0.349 e. The Labute approximate surface area is 129 Å². The van der Waals surface area contributed by atoms with Gasteiger partial charge in [-0.2, -0.15) is 0 Å². The zero-order valence-electron chi connectivity index (χ0n) is 11.6. The van der Waals surface area contributed by atoms with Crippen LogP contribution in [0.5, 0.6) is 11.5 Å². The zero-order valence-corrected chi connectivity index (χ0v) is 11.6. The highest BCUT2D eigenvalue weighted by Crippen LogP contribution is 2.26. The number of para-hydroxylation sites is 2. The van der Waals surface area contributed by atoms with Gasteiger partial charge in [0, 0.05) is 18.2 Å². The Morgan fingerprint density at radius 3 is 2.22 bits per heavy atom. The van der Waals surface area contributed by atoms with Gasteiger partial charge in [0.15, 0.2) is 6.61 Å². The van der Waals surface area contributed by atoms with E-state index in [0.29, 0.717) is 0 Å². The topological polar surface area (TPSA) is 122 Å². The van der Waals surface area contributed by atoms with Crippen LogP contribution in [0.2, 0.25) is 0 Å². The molecule has 0 saturated carbocycles. The molecule has 9 nitrogen and oxygen atoms in total. The number of hydrogen-bond donors (Lipinski definition) is 0.